The van der Waals surface area contributed by atoms with Crippen molar-refractivity contribution in [1.82, 2.24) is 25.0 Å². The van der Waals surface area contributed by atoms with Gasteiger partial charge in [0, 0.05) is 26.2 Å². The van der Waals surface area contributed by atoms with Gasteiger partial charge in [-0.25, -0.2) is 9.78 Å². The van der Waals surface area contributed by atoms with Gasteiger partial charge in [0.25, 0.3) is 0 Å². The number of piperazine rings is 1. The molecule has 2 aliphatic heterocycles. The molecular formula is C19H22N8O4S2. The van der Waals surface area contributed by atoms with Gasteiger partial charge in [-0.15, -0.1) is 4.68 Å². The minimum atomic E-state index is -0.550. The molecular weight excluding hydrogens is 468 g/mol. The van der Waals surface area contributed by atoms with Crippen LogP contribution >= 0.6 is 24.4 Å². The third-order valence-corrected chi connectivity index (χ3v) is 5.92. The topological polar surface area (TPSA) is 122 Å². The second-order valence-corrected chi connectivity index (χ2v) is 8.54. The summed E-state index contributed by atoms with van der Waals surface area (Å²) in [6.45, 7) is 5.28. The third kappa shape index (κ3) is 5.17. The molecule has 2 aliphatic rings. The van der Waals surface area contributed by atoms with Gasteiger partial charge in [-0.1, -0.05) is 12.2 Å². The monoisotopic (exact) mass is 490 g/mol. The summed E-state index contributed by atoms with van der Waals surface area (Å²) in [4.78, 5) is 33.3. The van der Waals surface area contributed by atoms with E-state index in [1.54, 1.807) is 18.0 Å². The molecule has 33 heavy (non-hydrogen) atoms. The molecule has 0 bridgehead atoms. The van der Waals surface area contributed by atoms with Crippen LogP contribution in [-0.4, -0.2) is 86.2 Å². The first-order chi connectivity index (χ1) is 15.8. The van der Waals surface area contributed by atoms with E-state index in [2.05, 4.69) is 20.3 Å². The van der Waals surface area contributed by atoms with Gasteiger partial charge in [-0.3, -0.25) is 4.90 Å². The number of aromatic nitrogens is 3. The molecule has 0 spiro atoms. The second kappa shape index (κ2) is 9.62. The predicted molar refractivity (Wildman–Crippen MR) is 129 cm³/mol. The predicted octanol–water partition coefficient (Wildman–Crippen LogP) is 1.40. The van der Waals surface area contributed by atoms with Gasteiger partial charge in [0.1, 0.15) is 11.9 Å². The Morgan fingerprint density at radius 3 is 2.64 bits per heavy atom. The summed E-state index contributed by atoms with van der Waals surface area (Å²) in [6.07, 6.45) is 2.48. The summed E-state index contributed by atoms with van der Waals surface area (Å²) in [5.41, 5.74) is 0.672. The van der Waals surface area contributed by atoms with Crippen molar-refractivity contribution in [2.75, 3.05) is 49.1 Å². The van der Waals surface area contributed by atoms with Crippen LogP contribution < -0.4 is 15.1 Å². The summed E-state index contributed by atoms with van der Waals surface area (Å²) >= 11 is 10.4. The lowest BCUT2D eigenvalue weighted by molar-refractivity contribution is -0.389. The van der Waals surface area contributed by atoms with Crippen molar-refractivity contribution >= 4 is 58.0 Å². The molecule has 14 heteroatoms. The van der Waals surface area contributed by atoms with Gasteiger partial charge >= 0.3 is 11.9 Å². The second-order valence-electron chi connectivity index (χ2n) is 7.56. The fourth-order valence-corrected chi connectivity index (χ4v) is 3.98. The van der Waals surface area contributed by atoms with Crippen LogP contribution in [0, 0.1) is 10.1 Å². The number of rotatable bonds is 5. The molecule has 2 aromatic heterocycles. The Labute approximate surface area is 200 Å². The molecule has 2 saturated heterocycles. The number of amides is 1. The van der Waals surface area contributed by atoms with Crippen LogP contribution in [0.5, 0.6) is 0 Å². The number of nitrogens with one attached hydrogen (secondary N) is 1. The average Bonchev–Trinajstić information content (AvgIpc) is 3.45. The molecule has 12 nitrogen and oxygen atoms in total. The van der Waals surface area contributed by atoms with E-state index in [0.717, 1.165) is 5.82 Å². The summed E-state index contributed by atoms with van der Waals surface area (Å²) in [7, 11) is 0. The van der Waals surface area contributed by atoms with E-state index in [1.165, 1.54) is 16.9 Å². The van der Waals surface area contributed by atoms with Crippen molar-refractivity contribution in [3.63, 3.8) is 0 Å². The maximum Gasteiger partial charge on any atom is 0.414 e. The van der Waals surface area contributed by atoms with E-state index in [9.17, 15) is 14.9 Å². The Morgan fingerprint density at radius 1 is 1.27 bits per heavy atom. The van der Waals surface area contributed by atoms with Crippen LogP contribution in [-0.2, 0) is 4.74 Å². The first-order valence-corrected chi connectivity index (χ1v) is 11.1. The minimum absolute atomic E-state index is 0.237. The number of pyridine rings is 1. The molecule has 0 aliphatic carbocycles. The lowest BCUT2D eigenvalue weighted by Gasteiger charge is -2.36. The van der Waals surface area contributed by atoms with Gasteiger partial charge in [-0.2, -0.15) is 0 Å². The highest BCUT2D eigenvalue weighted by molar-refractivity contribution is 7.80. The van der Waals surface area contributed by atoms with E-state index in [0.29, 0.717) is 55.1 Å². The van der Waals surface area contributed by atoms with Crippen LogP contribution in [0.25, 0.3) is 0 Å². The molecule has 2 aromatic rings. The van der Waals surface area contributed by atoms with E-state index < -0.39 is 11.0 Å². The number of thiocarbonyl (C=S) groups is 2. The number of carbonyl (C=O) groups is 1. The van der Waals surface area contributed by atoms with Crippen LogP contribution in [0.1, 0.15) is 6.92 Å². The molecule has 0 radical (unpaired) electrons. The molecule has 0 unspecified atom stereocenters. The zero-order valence-electron chi connectivity index (χ0n) is 17.8. The highest BCUT2D eigenvalue weighted by Crippen LogP contribution is 2.23. The number of hydrogen-bond acceptors (Lipinski definition) is 9. The van der Waals surface area contributed by atoms with E-state index in [-0.39, 0.29) is 11.9 Å². The maximum absolute atomic E-state index is 12.2. The molecule has 1 amide bonds. The number of carbonyl (C=O) groups excluding carboxylic acids is 1. The Bertz CT molecular complexity index is 1070. The Hall–Kier alpha value is -3.39. The smallest absolute Gasteiger partial charge is 0.414 e. The van der Waals surface area contributed by atoms with Crippen molar-refractivity contribution in [1.29, 1.82) is 0 Å². The third-order valence-electron chi connectivity index (χ3n) is 5.33. The zero-order chi connectivity index (χ0) is 23.5. The SMILES string of the molecule is CC(=S)NC[C@H]1CN(c2ccc(N3CCN(C(=S)n4ccc([N+](=O)[O-])n4)CC3)nc2)C(=O)O1. The van der Waals surface area contributed by atoms with E-state index >= 15 is 0 Å². The van der Waals surface area contributed by atoms with Crippen LogP contribution in [0.2, 0.25) is 0 Å². The maximum atomic E-state index is 12.2. The van der Waals surface area contributed by atoms with Crippen molar-refractivity contribution in [2.45, 2.75) is 13.0 Å². The van der Waals surface area contributed by atoms with Crippen LogP contribution in [0.15, 0.2) is 30.6 Å². The molecule has 0 aromatic carbocycles. The van der Waals surface area contributed by atoms with Crippen LogP contribution in [0.4, 0.5) is 22.1 Å². The fourth-order valence-electron chi connectivity index (χ4n) is 3.61. The first kappa shape index (κ1) is 22.8. The minimum Gasteiger partial charge on any atom is -0.442 e. The molecule has 0 saturated carbocycles. The van der Waals surface area contributed by atoms with E-state index in [1.807, 2.05) is 17.0 Å². The van der Waals surface area contributed by atoms with Crippen molar-refractivity contribution in [2.24, 2.45) is 0 Å². The number of nitrogens with zero attached hydrogens (tertiary/aromatic N) is 7. The quantitative estimate of drug-likeness (QED) is 0.372. The Balaban J connectivity index is 1.32. The lowest BCUT2D eigenvalue weighted by Crippen LogP contribution is -2.50. The fraction of sp³-hybridized carbons (Fsp3) is 0.421. The lowest BCUT2D eigenvalue weighted by atomic mass is 10.3. The van der Waals surface area contributed by atoms with E-state index in [4.69, 9.17) is 29.2 Å². The van der Waals surface area contributed by atoms with Crippen LogP contribution in [0.3, 0.4) is 0 Å². The number of cyclic esters (lactones) is 1. The molecule has 174 valence electrons. The highest BCUT2D eigenvalue weighted by Gasteiger charge is 2.32. The number of anilines is 2. The summed E-state index contributed by atoms with van der Waals surface area (Å²) in [6, 6.07) is 5.05. The van der Waals surface area contributed by atoms with Gasteiger partial charge in [0.2, 0.25) is 5.11 Å². The first-order valence-electron chi connectivity index (χ1n) is 10.2. The highest BCUT2D eigenvalue weighted by atomic mass is 32.1. The molecule has 1 N–H and O–H groups in total. The molecule has 4 heterocycles. The van der Waals surface area contributed by atoms with Gasteiger partial charge in [0.05, 0.1) is 47.3 Å². The molecule has 1 atom stereocenters. The van der Waals surface area contributed by atoms with Crippen molar-refractivity contribution in [3.8, 4) is 0 Å². The van der Waals surface area contributed by atoms with Gasteiger partial charge < -0.3 is 30.0 Å². The Morgan fingerprint density at radius 2 is 2.03 bits per heavy atom. The van der Waals surface area contributed by atoms with Gasteiger partial charge in [-0.05, 0) is 36.2 Å². The zero-order valence-corrected chi connectivity index (χ0v) is 19.4. The number of ether oxygens (including phenoxy) is 1. The summed E-state index contributed by atoms with van der Waals surface area (Å²) < 4.78 is 6.72. The van der Waals surface area contributed by atoms with Crippen molar-refractivity contribution in [3.05, 3.63) is 40.7 Å². The average molecular weight is 491 g/mol. The summed E-state index contributed by atoms with van der Waals surface area (Å²) in [5.74, 6) is 0.555. The normalized spacial score (nSPS) is 18.3. The summed E-state index contributed by atoms with van der Waals surface area (Å²) in [5, 5.41) is 18.2. The van der Waals surface area contributed by atoms with Gasteiger partial charge in [0.15, 0.2) is 0 Å². The Kier molecular flexibility index (Phi) is 6.65. The largest absolute Gasteiger partial charge is 0.442 e. The number of nitro groups is 1. The molecule has 4 rings (SSSR count). The van der Waals surface area contributed by atoms with Crippen molar-refractivity contribution < 1.29 is 14.5 Å². The standard InChI is InChI=1S/C19H22N8O4S2/c1-13(32)20-11-15-12-25(19(28)31-15)14-2-3-16(21-10-14)23-6-8-24(9-7-23)18(33)26-5-4-17(22-26)27(29)30/h2-5,10,15H,6-9,11-12H2,1H3,(H,20,32)/t15-/m0/s1. The molecule has 2 fully saturated rings. The number of hydrogen-bond donors (Lipinski definition) is 1.